The lowest BCUT2D eigenvalue weighted by Crippen LogP contribution is -2.33. The van der Waals surface area contributed by atoms with Gasteiger partial charge in [-0.3, -0.25) is 0 Å². The van der Waals surface area contributed by atoms with Gasteiger partial charge in [0.2, 0.25) is 0 Å². The lowest BCUT2D eigenvalue weighted by molar-refractivity contribution is 0.178. The third-order valence-corrected chi connectivity index (χ3v) is 3.69. The number of nitrogens with one attached hydrogen (secondary N) is 1. The second kappa shape index (κ2) is 5.80. The zero-order chi connectivity index (χ0) is 12.3. The fourth-order valence-corrected chi connectivity index (χ4v) is 2.31. The first-order valence-corrected chi connectivity index (χ1v) is 6.30. The number of benzene rings is 1. The van der Waals surface area contributed by atoms with E-state index in [0.29, 0.717) is 29.1 Å². The zero-order valence-electron chi connectivity index (χ0n) is 9.88. The van der Waals surface area contributed by atoms with Gasteiger partial charge in [-0.15, -0.1) is 0 Å². The molecule has 1 saturated heterocycles. The second-order valence-corrected chi connectivity index (χ2v) is 4.90. The van der Waals surface area contributed by atoms with E-state index in [1.165, 1.54) is 6.07 Å². The van der Waals surface area contributed by atoms with Crippen LogP contribution in [0.4, 0.5) is 4.39 Å². The Morgan fingerprint density at radius 3 is 3.06 bits per heavy atom. The van der Waals surface area contributed by atoms with E-state index in [1.54, 1.807) is 12.1 Å². The first kappa shape index (κ1) is 12.8. The molecule has 1 aliphatic heterocycles. The summed E-state index contributed by atoms with van der Waals surface area (Å²) in [7, 11) is 0. The standard InChI is InChI=1S/C13H17ClFNO/c1-9(10-5-6-17-8-10)16-7-11-12(14)3-2-4-13(11)15/h2-4,9-10,16H,5-8H2,1H3. The Morgan fingerprint density at radius 1 is 1.59 bits per heavy atom. The molecule has 17 heavy (non-hydrogen) atoms. The van der Waals surface area contributed by atoms with Gasteiger partial charge in [-0.2, -0.15) is 0 Å². The van der Waals surface area contributed by atoms with Crippen LogP contribution in [0.3, 0.4) is 0 Å². The molecule has 2 atom stereocenters. The quantitative estimate of drug-likeness (QED) is 0.895. The summed E-state index contributed by atoms with van der Waals surface area (Å²) in [5.41, 5.74) is 0.542. The van der Waals surface area contributed by atoms with Gasteiger partial charge in [0.05, 0.1) is 6.61 Å². The van der Waals surface area contributed by atoms with Crippen molar-refractivity contribution in [3.05, 3.63) is 34.6 Å². The van der Waals surface area contributed by atoms with Crippen molar-refractivity contribution in [2.75, 3.05) is 13.2 Å². The maximum atomic E-state index is 13.5. The molecule has 2 unspecified atom stereocenters. The van der Waals surface area contributed by atoms with E-state index < -0.39 is 0 Å². The summed E-state index contributed by atoms with van der Waals surface area (Å²) in [6, 6.07) is 5.08. The van der Waals surface area contributed by atoms with Crippen molar-refractivity contribution >= 4 is 11.6 Å². The molecule has 0 amide bonds. The number of hydrogen-bond acceptors (Lipinski definition) is 2. The van der Waals surface area contributed by atoms with Gasteiger partial charge in [-0.1, -0.05) is 17.7 Å². The summed E-state index contributed by atoms with van der Waals surface area (Å²) in [5.74, 6) is 0.264. The largest absolute Gasteiger partial charge is 0.381 e. The SMILES string of the molecule is CC(NCc1c(F)cccc1Cl)C1CCOC1. The molecule has 0 saturated carbocycles. The van der Waals surface area contributed by atoms with Crippen LogP contribution in [0.2, 0.25) is 5.02 Å². The molecule has 1 N–H and O–H groups in total. The number of hydrogen-bond donors (Lipinski definition) is 1. The van der Waals surface area contributed by atoms with Crippen molar-refractivity contribution in [1.82, 2.24) is 5.32 Å². The third-order valence-electron chi connectivity index (χ3n) is 3.33. The molecular formula is C13H17ClFNO. The fraction of sp³-hybridized carbons (Fsp3) is 0.538. The van der Waals surface area contributed by atoms with Crippen LogP contribution in [0.25, 0.3) is 0 Å². The van der Waals surface area contributed by atoms with Gasteiger partial charge in [0.25, 0.3) is 0 Å². The molecule has 0 spiro atoms. The molecule has 94 valence electrons. The van der Waals surface area contributed by atoms with Gasteiger partial charge in [-0.05, 0) is 31.4 Å². The monoisotopic (exact) mass is 257 g/mol. The molecule has 0 radical (unpaired) electrons. The topological polar surface area (TPSA) is 21.3 Å². The summed E-state index contributed by atoms with van der Waals surface area (Å²) >= 11 is 5.97. The molecule has 0 aromatic heterocycles. The maximum Gasteiger partial charge on any atom is 0.129 e. The Labute approximate surface area is 106 Å². The lowest BCUT2D eigenvalue weighted by atomic mass is 10.0. The van der Waals surface area contributed by atoms with Gasteiger partial charge in [0.15, 0.2) is 0 Å². The van der Waals surface area contributed by atoms with Gasteiger partial charge in [0, 0.05) is 29.8 Å². The van der Waals surface area contributed by atoms with Crippen LogP contribution in [0, 0.1) is 11.7 Å². The summed E-state index contributed by atoms with van der Waals surface area (Å²) < 4.78 is 18.9. The van der Waals surface area contributed by atoms with Crippen molar-refractivity contribution in [2.45, 2.75) is 25.9 Å². The van der Waals surface area contributed by atoms with Crippen molar-refractivity contribution in [2.24, 2.45) is 5.92 Å². The van der Waals surface area contributed by atoms with Crippen LogP contribution in [0.5, 0.6) is 0 Å². The molecule has 0 bridgehead atoms. The van der Waals surface area contributed by atoms with E-state index in [4.69, 9.17) is 16.3 Å². The molecule has 4 heteroatoms. The molecular weight excluding hydrogens is 241 g/mol. The second-order valence-electron chi connectivity index (χ2n) is 4.49. The van der Waals surface area contributed by atoms with Gasteiger partial charge >= 0.3 is 0 Å². The molecule has 1 heterocycles. The van der Waals surface area contributed by atoms with Gasteiger partial charge < -0.3 is 10.1 Å². The lowest BCUT2D eigenvalue weighted by Gasteiger charge is -2.19. The van der Waals surface area contributed by atoms with Crippen molar-refractivity contribution < 1.29 is 9.13 Å². The van der Waals surface area contributed by atoms with Crippen LogP contribution < -0.4 is 5.32 Å². The first-order valence-electron chi connectivity index (χ1n) is 5.92. The Balaban J connectivity index is 1.92. The predicted molar refractivity (Wildman–Crippen MR) is 66.6 cm³/mol. The minimum absolute atomic E-state index is 0.250. The molecule has 1 fully saturated rings. The minimum Gasteiger partial charge on any atom is -0.381 e. The molecule has 2 rings (SSSR count). The zero-order valence-corrected chi connectivity index (χ0v) is 10.6. The summed E-state index contributed by atoms with van der Waals surface area (Å²) in [4.78, 5) is 0. The molecule has 0 aliphatic carbocycles. The van der Waals surface area contributed by atoms with Gasteiger partial charge in [-0.25, -0.2) is 4.39 Å². The van der Waals surface area contributed by atoms with E-state index >= 15 is 0 Å². The first-order chi connectivity index (χ1) is 8.18. The van der Waals surface area contributed by atoms with Crippen LogP contribution in [-0.4, -0.2) is 19.3 Å². The average molecular weight is 258 g/mol. The highest BCUT2D eigenvalue weighted by Crippen LogP contribution is 2.20. The van der Waals surface area contributed by atoms with E-state index in [-0.39, 0.29) is 5.82 Å². The third kappa shape index (κ3) is 3.18. The van der Waals surface area contributed by atoms with Crippen molar-refractivity contribution in [3.8, 4) is 0 Å². The highest BCUT2D eigenvalue weighted by molar-refractivity contribution is 6.31. The maximum absolute atomic E-state index is 13.5. The summed E-state index contributed by atoms with van der Waals surface area (Å²) in [6.07, 6.45) is 1.07. The highest BCUT2D eigenvalue weighted by atomic mass is 35.5. The summed E-state index contributed by atoms with van der Waals surface area (Å²) in [5, 5.41) is 3.80. The average Bonchev–Trinajstić information content (AvgIpc) is 2.81. The Morgan fingerprint density at radius 2 is 2.41 bits per heavy atom. The Hall–Kier alpha value is -0.640. The molecule has 1 aromatic carbocycles. The van der Waals surface area contributed by atoms with Crippen molar-refractivity contribution in [1.29, 1.82) is 0 Å². The minimum atomic E-state index is -0.250. The fourth-order valence-electron chi connectivity index (χ4n) is 2.08. The number of halogens is 2. The van der Waals surface area contributed by atoms with Crippen LogP contribution in [0.1, 0.15) is 18.9 Å². The molecule has 1 aromatic rings. The van der Waals surface area contributed by atoms with Crippen LogP contribution in [-0.2, 0) is 11.3 Å². The smallest absolute Gasteiger partial charge is 0.129 e. The predicted octanol–water partition coefficient (Wildman–Crippen LogP) is 2.99. The molecule has 2 nitrogen and oxygen atoms in total. The number of ether oxygens (including phenoxy) is 1. The van der Waals surface area contributed by atoms with Crippen LogP contribution in [0.15, 0.2) is 18.2 Å². The van der Waals surface area contributed by atoms with Gasteiger partial charge in [0.1, 0.15) is 5.82 Å². The molecule has 1 aliphatic rings. The van der Waals surface area contributed by atoms with E-state index in [2.05, 4.69) is 12.2 Å². The Bertz CT molecular complexity index is 359. The van der Waals surface area contributed by atoms with E-state index in [0.717, 1.165) is 19.6 Å². The summed E-state index contributed by atoms with van der Waals surface area (Å²) in [6.45, 7) is 4.19. The highest BCUT2D eigenvalue weighted by Gasteiger charge is 2.22. The number of rotatable bonds is 4. The van der Waals surface area contributed by atoms with Crippen molar-refractivity contribution in [3.63, 3.8) is 0 Å². The van der Waals surface area contributed by atoms with E-state index in [1.807, 2.05) is 0 Å². The van der Waals surface area contributed by atoms with E-state index in [9.17, 15) is 4.39 Å². The Kier molecular flexibility index (Phi) is 4.37. The normalized spacial score (nSPS) is 21.7. The van der Waals surface area contributed by atoms with Crippen LogP contribution >= 0.6 is 11.6 Å².